The molecule has 0 aliphatic rings. The number of nitrogens with zero attached hydrogens (tertiary/aromatic N) is 1. The van der Waals surface area contributed by atoms with Crippen molar-refractivity contribution in [1.29, 1.82) is 0 Å². The van der Waals surface area contributed by atoms with Gasteiger partial charge in [0.05, 0.1) is 5.69 Å². The number of nitrogen functional groups attached to an aromatic ring is 1. The summed E-state index contributed by atoms with van der Waals surface area (Å²) in [6.45, 7) is 0. The first-order valence-corrected chi connectivity index (χ1v) is 6.21. The first-order chi connectivity index (χ1) is 8.06. The number of pyridine rings is 1. The molecule has 88 valence electrons. The molecule has 0 aliphatic carbocycles. The third-order valence-corrected chi connectivity index (χ3v) is 3.47. The van der Waals surface area contributed by atoms with E-state index in [1.807, 2.05) is 0 Å². The van der Waals surface area contributed by atoms with E-state index in [-0.39, 0.29) is 4.90 Å². The topological polar surface area (TPSA) is 38.9 Å². The molecule has 6 heteroatoms. The summed E-state index contributed by atoms with van der Waals surface area (Å²) in [5.74, 6) is -1.23. The van der Waals surface area contributed by atoms with Crippen molar-refractivity contribution >= 4 is 33.4 Å². The molecule has 0 bridgehead atoms. The van der Waals surface area contributed by atoms with E-state index in [4.69, 9.17) is 5.73 Å². The highest BCUT2D eigenvalue weighted by molar-refractivity contribution is 9.10. The Bertz CT molecular complexity index is 514. The number of anilines is 1. The van der Waals surface area contributed by atoms with Crippen LogP contribution in [0.4, 0.5) is 14.5 Å². The fourth-order valence-electron chi connectivity index (χ4n) is 1.19. The SMILES string of the molecule is Nc1cc(Br)cnc1Sc1ccc(F)cc1F. The molecule has 2 aromatic rings. The third-order valence-electron chi connectivity index (χ3n) is 1.95. The van der Waals surface area contributed by atoms with Crippen molar-refractivity contribution in [2.45, 2.75) is 9.92 Å². The van der Waals surface area contributed by atoms with Crippen LogP contribution in [0.5, 0.6) is 0 Å². The Labute approximate surface area is 109 Å². The maximum absolute atomic E-state index is 13.4. The summed E-state index contributed by atoms with van der Waals surface area (Å²) in [6, 6.07) is 5.06. The normalized spacial score (nSPS) is 10.5. The number of nitrogens with two attached hydrogens (primary N) is 1. The first kappa shape index (κ1) is 12.3. The minimum atomic E-state index is -0.626. The van der Waals surface area contributed by atoms with Gasteiger partial charge in [0, 0.05) is 21.6 Å². The Morgan fingerprint density at radius 3 is 2.65 bits per heavy atom. The summed E-state index contributed by atoms with van der Waals surface area (Å²) in [5.41, 5.74) is 6.18. The average molecular weight is 317 g/mol. The molecule has 0 spiro atoms. The van der Waals surface area contributed by atoms with Crippen molar-refractivity contribution in [3.63, 3.8) is 0 Å². The zero-order valence-electron chi connectivity index (χ0n) is 8.45. The zero-order valence-corrected chi connectivity index (χ0v) is 10.9. The van der Waals surface area contributed by atoms with Gasteiger partial charge in [-0.15, -0.1) is 0 Å². The Morgan fingerprint density at radius 1 is 1.24 bits per heavy atom. The predicted octanol–water partition coefficient (Wildman–Crippen LogP) is 3.86. The van der Waals surface area contributed by atoms with E-state index in [0.717, 1.165) is 22.3 Å². The molecule has 0 amide bonds. The van der Waals surface area contributed by atoms with Gasteiger partial charge in [-0.25, -0.2) is 13.8 Å². The van der Waals surface area contributed by atoms with Crippen LogP contribution in [0.1, 0.15) is 0 Å². The van der Waals surface area contributed by atoms with Crippen molar-refractivity contribution in [2.75, 3.05) is 5.73 Å². The zero-order chi connectivity index (χ0) is 12.4. The van der Waals surface area contributed by atoms with Crippen LogP contribution in [0.3, 0.4) is 0 Å². The molecule has 2 rings (SSSR count). The lowest BCUT2D eigenvalue weighted by molar-refractivity contribution is 0.565. The average Bonchev–Trinajstić information content (AvgIpc) is 2.25. The second kappa shape index (κ2) is 5.01. The lowest BCUT2D eigenvalue weighted by Crippen LogP contribution is -1.92. The van der Waals surface area contributed by atoms with E-state index in [1.165, 1.54) is 12.1 Å². The molecule has 17 heavy (non-hydrogen) atoms. The molecule has 0 radical (unpaired) electrons. The van der Waals surface area contributed by atoms with Crippen LogP contribution >= 0.6 is 27.7 Å². The predicted molar refractivity (Wildman–Crippen MR) is 66.8 cm³/mol. The molecule has 2 N–H and O–H groups in total. The van der Waals surface area contributed by atoms with Gasteiger partial charge in [0.1, 0.15) is 16.7 Å². The number of rotatable bonds is 2. The van der Waals surface area contributed by atoms with Crippen LogP contribution in [0, 0.1) is 11.6 Å². The largest absolute Gasteiger partial charge is 0.397 e. The molecule has 1 heterocycles. The number of benzene rings is 1. The van der Waals surface area contributed by atoms with E-state index < -0.39 is 11.6 Å². The fraction of sp³-hybridized carbons (Fsp3) is 0. The Balaban J connectivity index is 2.31. The van der Waals surface area contributed by atoms with Crippen LogP contribution < -0.4 is 5.73 Å². The molecule has 2 nitrogen and oxygen atoms in total. The van der Waals surface area contributed by atoms with E-state index in [9.17, 15) is 8.78 Å². The van der Waals surface area contributed by atoms with Gasteiger partial charge in [-0.1, -0.05) is 11.8 Å². The first-order valence-electron chi connectivity index (χ1n) is 4.60. The molecule has 1 aromatic heterocycles. The van der Waals surface area contributed by atoms with E-state index in [2.05, 4.69) is 20.9 Å². The van der Waals surface area contributed by atoms with Crippen LogP contribution in [-0.4, -0.2) is 4.98 Å². The second-order valence-corrected chi connectivity index (χ2v) is 5.17. The maximum atomic E-state index is 13.4. The Hall–Kier alpha value is -1.14. The lowest BCUT2D eigenvalue weighted by atomic mass is 10.3. The smallest absolute Gasteiger partial charge is 0.140 e. The van der Waals surface area contributed by atoms with Crippen LogP contribution in [0.2, 0.25) is 0 Å². The number of hydrogen-bond acceptors (Lipinski definition) is 3. The van der Waals surface area contributed by atoms with Gasteiger partial charge < -0.3 is 5.73 Å². The third kappa shape index (κ3) is 2.95. The monoisotopic (exact) mass is 316 g/mol. The molecule has 0 saturated carbocycles. The molecule has 0 unspecified atom stereocenters. The second-order valence-electron chi connectivity index (χ2n) is 3.22. The summed E-state index contributed by atoms with van der Waals surface area (Å²) < 4.78 is 26.9. The van der Waals surface area contributed by atoms with Gasteiger partial charge in [-0.05, 0) is 34.1 Å². The van der Waals surface area contributed by atoms with Crippen molar-refractivity contribution < 1.29 is 8.78 Å². The minimum absolute atomic E-state index is 0.285. The summed E-state index contributed by atoms with van der Waals surface area (Å²) in [5, 5.41) is 0.485. The van der Waals surface area contributed by atoms with E-state index in [1.54, 1.807) is 12.3 Å². The van der Waals surface area contributed by atoms with Crippen LogP contribution in [0.15, 0.2) is 44.9 Å². The minimum Gasteiger partial charge on any atom is -0.397 e. The quantitative estimate of drug-likeness (QED) is 0.914. The number of hydrogen-bond donors (Lipinski definition) is 1. The van der Waals surface area contributed by atoms with E-state index in [0.29, 0.717) is 10.7 Å². The van der Waals surface area contributed by atoms with Gasteiger partial charge in [0.15, 0.2) is 0 Å². The highest BCUT2D eigenvalue weighted by atomic mass is 79.9. The van der Waals surface area contributed by atoms with Crippen LogP contribution in [0.25, 0.3) is 0 Å². The summed E-state index contributed by atoms with van der Waals surface area (Å²) in [4.78, 5) is 4.35. The Kier molecular flexibility index (Phi) is 3.63. The molecule has 1 aromatic carbocycles. The Morgan fingerprint density at radius 2 is 2.00 bits per heavy atom. The van der Waals surface area contributed by atoms with Gasteiger partial charge in [0.2, 0.25) is 0 Å². The maximum Gasteiger partial charge on any atom is 0.140 e. The standard InChI is InChI=1S/C11H7BrF2N2S/c12-6-3-9(15)11(16-5-6)17-10-2-1-7(13)4-8(10)14/h1-5H,15H2. The molecule has 0 aliphatic heterocycles. The molecule has 0 saturated heterocycles. The van der Waals surface area contributed by atoms with Gasteiger partial charge >= 0.3 is 0 Å². The van der Waals surface area contributed by atoms with Gasteiger partial charge in [-0.3, -0.25) is 0 Å². The molecule has 0 atom stereocenters. The summed E-state index contributed by atoms with van der Waals surface area (Å²) in [6.07, 6.45) is 1.57. The highest BCUT2D eigenvalue weighted by Crippen LogP contribution is 2.33. The number of aromatic nitrogens is 1. The molecular weight excluding hydrogens is 310 g/mol. The van der Waals surface area contributed by atoms with Crippen LogP contribution in [-0.2, 0) is 0 Å². The number of halogens is 3. The van der Waals surface area contributed by atoms with Crippen molar-refractivity contribution in [3.8, 4) is 0 Å². The van der Waals surface area contributed by atoms with Crippen molar-refractivity contribution in [2.24, 2.45) is 0 Å². The van der Waals surface area contributed by atoms with Gasteiger partial charge in [-0.2, -0.15) is 0 Å². The summed E-state index contributed by atoms with van der Waals surface area (Å²) in [7, 11) is 0. The van der Waals surface area contributed by atoms with Crippen molar-refractivity contribution in [1.82, 2.24) is 4.98 Å². The van der Waals surface area contributed by atoms with E-state index >= 15 is 0 Å². The van der Waals surface area contributed by atoms with Gasteiger partial charge in [0.25, 0.3) is 0 Å². The molecular formula is C11H7BrF2N2S. The molecule has 0 fully saturated rings. The summed E-state index contributed by atoms with van der Waals surface area (Å²) >= 11 is 4.29. The van der Waals surface area contributed by atoms with Crippen molar-refractivity contribution in [3.05, 3.63) is 46.6 Å². The highest BCUT2D eigenvalue weighted by Gasteiger charge is 2.09. The fourth-order valence-corrected chi connectivity index (χ4v) is 2.32. The lowest BCUT2D eigenvalue weighted by Gasteiger charge is -2.05.